The van der Waals surface area contributed by atoms with Crippen LogP contribution in [0.5, 0.6) is 0 Å². The molecule has 1 saturated carbocycles. The van der Waals surface area contributed by atoms with Gasteiger partial charge in [-0.2, -0.15) is 0 Å². The van der Waals surface area contributed by atoms with Crippen molar-refractivity contribution >= 4 is 0 Å². The second kappa shape index (κ2) is 4.77. The molecule has 82 valence electrons. The highest BCUT2D eigenvalue weighted by atomic mass is 15.2. The smallest absolute Gasteiger partial charge is 0.0488 e. The van der Waals surface area contributed by atoms with Gasteiger partial charge in [0.05, 0.1) is 0 Å². The molecule has 0 aliphatic heterocycles. The standard InChI is InChI=1S/C13H20N2/c1-2-4-10-5-3-6-12(9-10)13(15-14)11-7-8-11/h3,5-6,9,11,13,15H,2,4,7-8,14H2,1H3. The quantitative estimate of drug-likeness (QED) is 0.571. The Kier molecular flexibility index (Phi) is 3.39. The van der Waals surface area contributed by atoms with Crippen LogP contribution in [-0.4, -0.2) is 0 Å². The van der Waals surface area contributed by atoms with Crippen LogP contribution in [0.1, 0.15) is 43.4 Å². The van der Waals surface area contributed by atoms with E-state index in [0.717, 1.165) is 12.3 Å². The van der Waals surface area contributed by atoms with E-state index < -0.39 is 0 Å². The summed E-state index contributed by atoms with van der Waals surface area (Å²) in [6, 6.07) is 9.19. The van der Waals surface area contributed by atoms with Gasteiger partial charge in [0.1, 0.15) is 0 Å². The molecule has 1 fully saturated rings. The molecular formula is C13H20N2. The van der Waals surface area contributed by atoms with Gasteiger partial charge in [0.2, 0.25) is 0 Å². The van der Waals surface area contributed by atoms with Crippen LogP contribution in [0, 0.1) is 5.92 Å². The molecule has 0 aromatic heterocycles. The lowest BCUT2D eigenvalue weighted by Crippen LogP contribution is -2.29. The molecule has 2 heteroatoms. The van der Waals surface area contributed by atoms with Gasteiger partial charge in [-0.1, -0.05) is 37.6 Å². The van der Waals surface area contributed by atoms with E-state index in [1.54, 1.807) is 0 Å². The molecule has 3 N–H and O–H groups in total. The van der Waals surface area contributed by atoms with Gasteiger partial charge in [-0.15, -0.1) is 0 Å². The topological polar surface area (TPSA) is 38.0 Å². The van der Waals surface area contributed by atoms with Crippen molar-refractivity contribution in [2.45, 2.75) is 38.6 Å². The molecule has 0 heterocycles. The first-order valence-corrected chi connectivity index (χ1v) is 5.90. The van der Waals surface area contributed by atoms with Crippen molar-refractivity contribution in [3.63, 3.8) is 0 Å². The summed E-state index contributed by atoms with van der Waals surface area (Å²) in [4.78, 5) is 0. The van der Waals surface area contributed by atoms with Crippen molar-refractivity contribution in [1.82, 2.24) is 5.43 Å². The van der Waals surface area contributed by atoms with Gasteiger partial charge >= 0.3 is 0 Å². The summed E-state index contributed by atoms with van der Waals surface area (Å²) in [5.74, 6) is 6.38. The van der Waals surface area contributed by atoms with Crippen LogP contribution < -0.4 is 11.3 Å². The minimum Gasteiger partial charge on any atom is -0.271 e. The Morgan fingerprint density at radius 2 is 2.27 bits per heavy atom. The maximum atomic E-state index is 5.62. The lowest BCUT2D eigenvalue weighted by molar-refractivity contribution is 0.496. The van der Waals surface area contributed by atoms with Gasteiger partial charge in [0, 0.05) is 6.04 Å². The van der Waals surface area contributed by atoms with Crippen molar-refractivity contribution in [1.29, 1.82) is 0 Å². The monoisotopic (exact) mass is 204 g/mol. The highest BCUT2D eigenvalue weighted by Gasteiger charge is 2.31. The molecular weight excluding hydrogens is 184 g/mol. The first-order chi connectivity index (χ1) is 7.35. The minimum atomic E-state index is 0.363. The fourth-order valence-corrected chi connectivity index (χ4v) is 2.16. The third kappa shape index (κ3) is 2.58. The summed E-state index contributed by atoms with van der Waals surface area (Å²) in [6.07, 6.45) is 4.99. The van der Waals surface area contributed by atoms with Crippen LogP contribution in [0.4, 0.5) is 0 Å². The van der Waals surface area contributed by atoms with E-state index in [-0.39, 0.29) is 0 Å². The second-order valence-electron chi connectivity index (χ2n) is 4.48. The summed E-state index contributed by atoms with van der Waals surface area (Å²) < 4.78 is 0. The van der Waals surface area contributed by atoms with E-state index in [9.17, 15) is 0 Å². The molecule has 2 rings (SSSR count). The summed E-state index contributed by atoms with van der Waals surface area (Å²) in [7, 11) is 0. The molecule has 2 nitrogen and oxygen atoms in total. The van der Waals surface area contributed by atoms with E-state index in [2.05, 4.69) is 36.6 Å². The molecule has 1 aliphatic carbocycles. The number of nitrogens with one attached hydrogen (secondary N) is 1. The number of nitrogens with two attached hydrogens (primary N) is 1. The van der Waals surface area contributed by atoms with Crippen LogP contribution in [0.2, 0.25) is 0 Å². The zero-order valence-electron chi connectivity index (χ0n) is 9.37. The molecule has 1 aromatic carbocycles. The summed E-state index contributed by atoms with van der Waals surface area (Å²) in [5, 5.41) is 0. The molecule has 0 spiro atoms. The number of benzene rings is 1. The molecule has 1 aliphatic rings. The number of rotatable bonds is 5. The van der Waals surface area contributed by atoms with E-state index in [1.165, 1.54) is 30.4 Å². The van der Waals surface area contributed by atoms with Crippen LogP contribution in [0.15, 0.2) is 24.3 Å². The highest BCUT2D eigenvalue weighted by molar-refractivity contribution is 5.27. The van der Waals surface area contributed by atoms with E-state index in [0.29, 0.717) is 6.04 Å². The molecule has 15 heavy (non-hydrogen) atoms. The van der Waals surface area contributed by atoms with Gasteiger partial charge in [0.25, 0.3) is 0 Å². The van der Waals surface area contributed by atoms with Gasteiger partial charge < -0.3 is 0 Å². The second-order valence-corrected chi connectivity index (χ2v) is 4.48. The van der Waals surface area contributed by atoms with Crippen LogP contribution in [0.3, 0.4) is 0 Å². The average Bonchev–Trinajstić information content (AvgIpc) is 3.04. The number of aryl methyl sites for hydroxylation is 1. The van der Waals surface area contributed by atoms with Crippen molar-refractivity contribution < 1.29 is 0 Å². The highest BCUT2D eigenvalue weighted by Crippen LogP contribution is 2.40. The number of hydrazine groups is 1. The minimum absolute atomic E-state index is 0.363. The van der Waals surface area contributed by atoms with Gasteiger partial charge in [-0.3, -0.25) is 11.3 Å². The Hall–Kier alpha value is -0.860. The van der Waals surface area contributed by atoms with Crippen molar-refractivity contribution in [3.8, 4) is 0 Å². The van der Waals surface area contributed by atoms with Crippen molar-refractivity contribution in [2.24, 2.45) is 11.8 Å². The van der Waals surface area contributed by atoms with Crippen LogP contribution >= 0.6 is 0 Å². The Labute approximate surface area is 91.8 Å². The summed E-state index contributed by atoms with van der Waals surface area (Å²) in [6.45, 7) is 2.21. The van der Waals surface area contributed by atoms with E-state index >= 15 is 0 Å². The largest absolute Gasteiger partial charge is 0.271 e. The Balaban J connectivity index is 2.14. The van der Waals surface area contributed by atoms with E-state index in [1.807, 2.05) is 0 Å². The first kappa shape index (κ1) is 10.7. The molecule has 1 atom stereocenters. The molecule has 0 amide bonds. The van der Waals surface area contributed by atoms with Crippen LogP contribution in [0.25, 0.3) is 0 Å². The molecule has 1 aromatic rings. The third-order valence-electron chi connectivity index (χ3n) is 3.12. The molecule has 0 radical (unpaired) electrons. The molecule has 0 saturated heterocycles. The summed E-state index contributed by atoms with van der Waals surface area (Å²) >= 11 is 0. The Bertz CT molecular complexity index is 318. The predicted molar refractivity (Wildman–Crippen MR) is 63.2 cm³/mol. The number of hydrogen-bond donors (Lipinski definition) is 2. The lowest BCUT2D eigenvalue weighted by atomic mass is 9.99. The van der Waals surface area contributed by atoms with Gasteiger partial charge in [0.15, 0.2) is 0 Å². The predicted octanol–water partition coefficient (Wildman–Crippen LogP) is 2.55. The number of hydrogen-bond acceptors (Lipinski definition) is 2. The molecule has 1 unspecified atom stereocenters. The van der Waals surface area contributed by atoms with Crippen molar-refractivity contribution in [3.05, 3.63) is 35.4 Å². The zero-order valence-corrected chi connectivity index (χ0v) is 9.37. The molecule has 0 bridgehead atoms. The fourth-order valence-electron chi connectivity index (χ4n) is 2.16. The van der Waals surface area contributed by atoms with Crippen LogP contribution in [-0.2, 0) is 6.42 Å². The fraction of sp³-hybridized carbons (Fsp3) is 0.538. The Morgan fingerprint density at radius 1 is 1.47 bits per heavy atom. The average molecular weight is 204 g/mol. The SMILES string of the molecule is CCCc1cccc(C(NN)C2CC2)c1. The lowest BCUT2D eigenvalue weighted by Gasteiger charge is -2.16. The van der Waals surface area contributed by atoms with Crippen molar-refractivity contribution in [2.75, 3.05) is 0 Å². The van der Waals surface area contributed by atoms with Gasteiger partial charge in [-0.25, -0.2) is 0 Å². The third-order valence-corrected chi connectivity index (χ3v) is 3.12. The maximum absolute atomic E-state index is 5.62. The zero-order chi connectivity index (χ0) is 10.7. The normalized spacial score (nSPS) is 17.7. The Morgan fingerprint density at radius 3 is 2.87 bits per heavy atom. The summed E-state index contributed by atoms with van der Waals surface area (Å²) in [5.41, 5.74) is 5.73. The van der Waals surface area contributed by atoms with Gasteiger partial charge in [-0.05, 0) is 36.3 Å². The maximum Gasteiger partial charge on any atom is 0.0488 e. The first-order valence-electron chi connectivity index (χ1n) is 5.90. The van der Waals surface area contributed by atoms with E-state index in [4.69, 9.17) is 5.84 Å².